The SMILES string of the molecule is Nc1nnc(-c2ccncc2)cc1Br. The van der Waals surface area contributed by atoms with Gasteiger partial charge in [-0.05, 0) is 34.1 Å². The van der Waals surface area contributed by atoms with Gasteiger partial charge in [0.2, 0.25) is 0 Å². The van der Waals surface area contributed by atoms with Crippen molar-refractivity contribution in [2.75, 3.05) is 5.73 Å². The molecule has 0 amide bonds. The van der Waals surface area contributed by atoms with Gasteiger partial charge in [0.1, 0.15) is 0 Å². The molecular formula is C9H7BrN4. The fraction of sp³-hybridized carbons (Fsp3) is 0. The number of halogens is 1. The maximum absolute atomic E-state index is 5.53. The molecule has 70 valence electrons. The maximum atomic E-state index is 5.53. The Morgan fingerprint density at radius 2 is 1.86 bits per heavy atom. The molecule has 0 bridgehead atoms. The molecular weight excluding hydrogens is 244 g/mol. The van der Waals surface area contributed by atoms with E-state index in [1.165, 1.54) is 0 Å². The first-order chi connectivity index (χ1) is 6.77. The van der Waals surface area contributed by atoms with Crippen molar-refractivity contribution < 1.29 is 0 Å². The van der Waals surface area contributed by atoms with E-state index in [2.05, 4.69) is 31.1 Å². The molecule has 2 aromatic heterocycles. The average molecular weight is 251 g/mol. The van der Waals surface area contributed by atoms with Crippen LogP contribution in [0.1, 0.15) is 0 Å². The number of nitrogens with zero attached hydrogens (tertiary/aromatic N) is 3. The number of rotatable bonds is 1. The normalized spacial score (nSPS) is 10.1. The van der Waals surface area contributed by atoms with Crippen molar-refractivity contribution in [3.8, 4) is 11.3 Å². The lowest BCUT2D eigenvalue weighted by Crippen LogP contribution is -1.95. The Balaban J connectivity index is 2.48. The molecule has 0 unspecified atom stereocenters. The van der Waals surface area contributed by atoms with Crippen LogP contribution in [0.2, 0.25) is 0 Å². The van der Waals surface area contributed by atoms with Crippen LogP contribution in [0.25, 0.3) is 11.3 Å². The molecule has 5 heteroatoms. The second-order valence-electron chi connectivity index (χ2n) is 2.70. The standard InChI is InChI=1S/C9H7BrN4/c10-7-5-8(13-14-9(7)11)6-1-3-12-4-2-6/h1-5H,(H2,11,14). The van der Waals surface area contributed by atoms with Crippen molar-refractivity contribution in [3.05, 3.63) is 35.1 Å². The van der Waals surface area contributed by atoms with Gasteiger partial charge in [-0.25, -0.2) is 0 Å². The molecule has 4 nitrogen and oxygen atoms in total. The third kappa shape index (κ3) is 1.72. The van der Waals surface area contributed by atoms with Crippen LogP contribution < -0.4 is 5.73 Å². The molecule has 0 spiro atoms. The highest BCUT2D eigenvalue weighted by atomic mass is 79.9. The molecule has 2 rings (SSSR count). The van der Waals surface area contributed by atoms with Gasteiger partial charge in [0.15, 0.2) is 5.82 Å². The zero-order valence-corrected chi connectivity index (χ0v) is 8.77. The quantitative estimate of drug-likeness (QED) is 0.840. The lowest BCUT2D eigenvalue weighted by molar-refractivity contribution is 1.04. The second kappa shape index (κ2) is 3.71. The molecule has 0 aliphatic carbocycles. The molecule has 0 saturated heterocycles. The average Bonchev–Trinajstić information content (AvgIpc) is 2.23. The molecule has 14 heavy (non-hydrogen) atoms. The fourth-order valence-electron chi connectivity index (χ4n) is 1.04. The van der Waals surface area contributed by atoms with Crippen molar-refractivity contribution in [3.63, 3.8) is 0 Å². The topological polar surface area (TPSA) is 64.7 Å². The molecule has 0 aliphatic heterocycles. The summed E-state index contributed by atoms with van der Waals surface area (Å²) >= 11 is 3.30. The van der Waals surface area contributed by atoms with Crippen molar-refractivity contribution in [2.24, 2.45) is 0 Å². The Hall–Kier alpha value is -1.49. The Morgan fingerprint density at radius 1 is 1.14 bits per heavy atom. The van der Waals surface area contributed by atoms with Gasteiger partial charge in [-0.2, -0.15) is 0 Å². The van der Waals surface area contributed by atoms with E-state index >= 15 is 0 Å². The van der Waals surface area contributed by atoms with Crippen LogP contribution in [-0.4, -0.2) is 15.2 Å². The minimum Gasteiger partial charge on any atom is -0.381 e. The molecule has 2 heterocycles. The van der Waals surface area contributed by atoms with E-state index < -0.39 is 0 Å². The van der Waals surface area contributed by atoms with Crippen LogP contribution in [0.5, 0.6) is 0 Å². The third-order valence-electron chi connectivity index (χ3n) is 1.75. The largest absolute Gasteiger partial charge is 0.381 e. The van der Waals surface area contributed by atoms with Crippen LogP contribution >= 0.6 is 15.9 Å². The van der Waals surface area contributed by atoms with E-state index in [-0.39, 0.29) is 0 Å². The van der Waals surface area contributed by atoms with Gasteiger partial charge >= 0.3 is 0 Å². The number of pyridine rings is 1. The van der Waals surface area contributed by atoms with E-state index in [1.807, 2.05) is 18.2 Å². The van der Waals surface area contributed by atoms with Crippen LogP contribution in [-0.2, 0) is 0 Å². The summed E-state index contributed by atoms with van der Waals surface area (Å²) in [5, 5.41) is 7.79. The van der Waals surface area contributed by atoms with Gasteiger partial charge in [-0.3, -0.25) is 4.98 Å². The minimum absolute atomic E-state index is 0.391. The predicted octanol–water partition coefficient (Wildman–Crippen LogP) is 1.88. The van der Waals surface area contributed by atoms with Gasteiger partial charge in [0.25, 0.3) is 0 Å². The smallest absolute Gasteiger partial charge is 0.160 e. The number of nitrogen functional groups attached to an aromatic ring is 1. The zero-order valence-electron chi connectivity index (χ0n) is 7.18. The van der Waals surface area contributed by atoms with E-state index in [9.17, 15) is 0 Å². The minimum atomic E-state index is 0.391. The summed E-state index contributed by atoms with van der Waals surface area (Å²) < 4.78 is 0.749. The Kier molecular flexibility index (Phi) is 2.41. The van der Waals surface area contributed by atoms with Crippen molar-refractivity contribution in [1.29, 1.82) is 0 Å². The first kappa shape index (κ1) is 9.08. The van der Waals surface area contributed by atoms with Crippen LogP contribution in [0.3, 0.4) is 0 Å². The second-order valence-corrected chi connectivity index (χ2v) is 3.55. The highest BCUT2D eigenvalue weighted by Gasteiger charge is 2.02. The monoisotopic (exact) mass is 250 g/mol. The van der Waals surface area contributed by atoms with Gasteiger partial charge in [-0.15, -0.1) is 10.2 Å². The number of nitrogens with two attached hydrogens (primary N) is 1. The first-order valence-electron chi connectivity index (χ1n) is 3.96. The third-order valence-corrected chi connectivity index (χ3v) is 2.38. The number of hydrogen-bond donors (Lipinski definition) is 1. The Bertz CT molecular complexity index is 444. The molecule has 0 atom stereocenters. The van der Waals surface area contributed by atoms with Crippen molar-refractivity contribution in [2.45, 2.75) is 0 Å². The lowest BCUT2D eigenvalue weighted by atomic mass is 10.2. The summed E-state index contributed by atoms with van der Waals surface area (Å²) in [4.78, 5) is 3.93. The molecule has 0 aliphatic rings. The van der Waals surface area contributed by atoms with Gasteiger partial charge in [0.05, 0.1) is 10.2 Å². The van der Waals surface area contributed by atoms with Crippen LogP contribution in [0.15, 0.2) is 35.1 Å². The van der Waals surface area contributed by atoms with Crippen molar-refractivity contribution >= 4 is 21.7 Å². The van der Waals surface area contributed by atoms with E-state index in [0.717, 1.165) is 15.7 Å². The molecule has 0 fully saturated rings. The van der Waals surface area contributed by atoms with E-state index in [0.29, 0.717) is 5.82 Å². The number of anilines is 1. The van der Waals surface area contributed by atoms with Crippen molar-refractivity contribution in [1.82, 2.24) is 15.2 Å². The summed E-state index contributed by atoms with van der Waals surface area (Å²) in [6.45, 7) is 0. The highest BCUT2D eigenvalue weighted by molar-refractivity contribution is 9.10. The number of aromatic nitrogens is 3. The van der Waals surface area contributed by atoms with Gasteiger partial charge in [0, 0.05) is 18.0 Å². The molecule has 0 radical (unpaired) electrons. The molecule has 0 aromatic carbocycles. The van der Waals surface area contributed by atoms with Crippen LogP contribution in [0.4, 0.5) is 5.82 Å². The summed E-state index contributed by atoms with van der Waals surface area (Å²) in [6, 6.07) is 5.57. The molecule has 2 aromatic rings. The fourth-order valence-corrected chi connectivity index (χ4v) is 1.34. The number of hydrogen-bond acceptors (Lipinski definition) is 4. The zero-order chi connectivity index (χ0) is 9.97. The first-order valence-corrected chi connectivity index (χ1v) is 4.76. The lowest BCUT2D eigenvalue weighted by Gasteiger charge is -2.00. The molecule has 2 N–H and O–H groups in total. The van der Waals surface area contributed by atoms with E-state index in [4.69, 9.17) is 5.73 Å². The van der Waals surface area contributed by atoms with Crippen LogP contribution in [0, 0.1) is 0 Å². The maximum Gasteiger partial charge on any atom is 0.160 e. The summed E-state index contributed by atoms with van der Waals surface area (Å²) in [7, 11) is 0. The summed E-state index contributed by atoms with van der Waals surface area (Å²) in [5.74, 6) is 0.391. The summed E-state index contributed by atoms with van der Waals surface area (Å²) in [5.41, 5.74) is 7.27. The molecule has 0 saturated carbocycles. The van der Waals surface area contributed by atoms with Gasteiger partial charge < -0.3 is 5.73 Å². The van der Waals surface area contributed by atoms with E-state index in [1.54, 1.807) is 12.4 Å². The summed E-state index contributed by atoms with van der Waals surface area (Å²) in [6.07, 6.45) is 3.42. The Morgan fingerprint density at radius 3 is 2.50 bits per heavy atom. The highest BCUT2D eigenvalue weighted by Crippen LogP contribution is 2.22. The van der Waals surface area contributed by atoms with Gasteiger partial charge in [-0.1, -0.05) is 0 Å². The Labute approximate surface area is 89.3 Å². The predicted molar refractivity (Wildman–Crippen MR) is 57.4 cm³/mol.